The number of phenolic OH excluding ortho intramolecular Hbond substituents is 1. The molecule has 0 aliphatic carbocycles. The van der Waals surface area contributed by atoms with E-state index in [9.17, 15) is 20.1 Å². The molecule has 8 nitrogen and oxygen atoms in total. The molecule has 4 atom stereocenters. The van der Waals surface area contributed by atoms with Crippen molar-refractivity contribution in [1.29, 1.82) is 0 Å². The number of hydrogen-bond donors (Lipinski definition) is 6. The predicted molar refractivity (Wildman–Crippen MR) is 66.5 cm³/mol. The van der Waals surface area contributed by atoms with Crippen LogP contribution in [0.25, 0.3) is 0 Å². The highest BCUT2D eigenvalue weighted by Crippen LogP contribution is 2.19. The third kappa shape index (κ3) is 2.89. The molecule has 1 aliphatic heterocycles. The summed E-state index contributed by atoms with van der Waals surface area (Å²) in [7, 11) is 0. The summed E-state index contributed by atoms with van der Waals surface area (Å²) in [5.41, 5.74) is 4.70. The van der Waals surface area contributed by atoms with Crippen LogP contribution in [0.5, 0.6) is 5.75 Å². The molecule has 0 bridgehead atoms. The molecular formula is C12H16N2O6. The topological polar surface area (TPSA) is 131 Å². The van der Waals surface area contributed by atoms with Crippen molar-refractivity contribution in [2.45, 2.75) is 24.5 Å². The standard InChI is InChI=1S/C12H16N2O6/c15-5-8-9(17)10(18)12(20-8)14-13-11(19)6-3-1-2-4-7(6)16/h1-4,8-10,12,14-18H,5H2,(H,13,19)/t8-,9+,10-,12-/m0/s1. The highest BCUT2D eigenvalue weighted by molar-refractivity contribution is 5.96. The number of amides is 1. The van der Waals surface area contributed by atoms with E-state index in [-0.39, 0.29) is 11.3 Å². The van der Waals surface area contributed by atoms with Crippen LogP contribution in [-0.4, -0.2) is 57.5 Å². The minimum Gasteiger partial charge on any atom is -0.507 e. The van der Waals surface area contributed by atoms with Crippen LogP contribution in [0, 0.1) is 0 Å². The second-order valence-electron chi connectivity index (χ2n) is 4.37. The van der Waals surface area contributed by atoms with E-state index in [1.54, 1.807) is 12.1 Å². The van der Waals surface area contributed by atoms with Gasteiger partial charge in [-0.1, -0.05) is 12.1 Å². The van der Waals surface area contributed by atoms with E-state index in [4.69, 9.17) is 9.84 Å². The molecular weight excluding hydrogens is 268 g/mol. The number of carbonyl (C=O) groups is 1. The SMILES string of the molecule is O=C(NN[C@H]1O[C@@H](CO)[C@@H](O)[C@@H]1O)c1ccccc1O. The second-order valence-corrected chi connectivity index (χ2v) is 4.37. The van der Waals surface area contributed by atoms with Crippen LogP contribution in [0.15, 0.2) is 24.3 Å². The average Bonchev–Trinajstić information content (AvgIpc) is 2.72. The fourth-order valence-electron chi connectivity index (χ4n) is 1.89. The summed E-state index contributed by atoms with van der Waals surface area (Å²) in [6, 6.07) is 5.94. The Morgan fingerprint density at radius 1 is 1.25 bits per heavy atom. The number of rotatable bonds is 4. The molecule has 0 radical (unpaired) electrons. The van der Waals surface area contributed by atoms with E-state index >= 15 is 0 Å². The Labute approximate surface area is 114 Å². The predicted octanol–water partition coefficient (Wildman–Crippen LogP) is -1.93. The maximum Gasteiger partial charge on any atom is 0.269 e. The first-order valence-electron chi connectivity index (χ1n) is 6.01. The summed E-state index contributed by atoms with van der Waals surface area (Å²) in [6.45, 7) is -0.455. The van der Waals surface area contributed by atoms with Crippen LogP contribution in [0.2, 0.25) is 0 Å². The molecule has 0 spiro atoms. The van der Waals surface area contributed by atoms with Crippen LogP contribution >= 0.6 is 0 Å². The van der Waals surface area contributed by atoms with Gasteiger partial charge in [-0.25, -0.2) is 5.43 Å². The third-order valence-corrected chi connectivity index (χ3v) is 3.02. The van der Waals surface area contributed by atoms with Crippen molar-refractivity contribution in [3.8, 4) is 5.75 Å². The highest BCUT2D eigenvalue weighted by atomic mass is 16.6. The number of hydrazine groups is 1. The molecule has 1 heterocycles. The Kier molecular flexibility index (Phi) is 4.53. The Hall–Kier alpha value is -1.71. The van der Waals surface area contributed by atoms with Crippen molar-refractivity contribution in [3.05, 3.63) is 29.8 Å². The molecule has 20 heavy (non-hydrogen) atoms. The molecule has 1 aliphatic rings. The lowest BCUT2D eigenvalue weighted by Gasteiger charge is -2.17. The first-order chi connectivity index (χ1) is 9.54. The van der Waals surface area contributed by atoms with Gasteiger partial charge in [-0.15, -0.1) is 0 Å². The number of carbonyl (C=O) groups excluding carboxylic acids is 1. The number of benzene rings is 1. The molecule has 0 unspecified atom stereocenters. The number of hydrogen-bond acceptors (Lipinski definition) is 7. The maximum absolute atomic E-state index is 11.8. The monoisotopic (exact) mass is 284 g/mol. The highest BCUT2D eigenvalue weighted by Gasteiger charge is 2.42. The molecule has 6 N–H and O–H groups in total. The van der Waals surface area contributed by atoms with Crippen molar-refractivity contribution in [2.75, 3.05) is 6.61 Å². The first kappa shape index (κ1) is 14.7. The number of aliphatic hydroxyl groups is 3. The number of phenols is 1. The normalized spacial score (nSPS) is 29.4. The number of aromatic hydroxyl groups is 1. The van der Waals surface area contributed by atoms with Gasteiger partial charge >= 0.3 is 0 Å². The van der Waals surface area contributed by atoms with Gasteiger partial charge in [0.1, 0.15) is 24.1 Å². The van der Waals surface area contributed by atoms with E-state index in [0.717, 1.165) is 0 Å². The van der Waals surface area contributed by atoms with E-state index in [0.29, 0.717) is 0 Å². The van der Waals surface area contributed by atoms with Crippen molar-refractivity contribution in [2.24, 2.45) is 0 Å². The molecule has 1 fully saturated rings. The summed E-state index contributed by atoms with van der Waals surface area (Å²) in [6.07, 6.45) is -4.53. The summed E-state index contributed by atoms with van der Waals surface area (Å²) >= 11 is 0. The summed E-state index contributed by atoms with van der Waals surface area (Å²) in [5.74, 6) is -0.811. The number of aliphatic hydroxyl groups excluding tert-OH is 3. The molecule has 110 valence electrons. The molecule has 0 aromatic heterocycles. The van der Waals surface area contributed by atoms with Gasteiger partial charge in [0.15, 0.2) is 6.23 Å². The lowest BCUT2D eigenvalue weighted by molar-refractivity contribution is -0.0375. The minimum atomic E-state index is -1.29. The largest absolute Gasteiger partial charge is 0.507 e. The fraction of sp³-hybridized carbons (Fsp3) is 0.417. The molecule has 1 saturated heterocycles. The van der Waals surface area contributed by atoms with Crippen LogP contribution in [0.1, 0.15) is 10.4 Å². The first-order valence-corrected chi connectivity index (χ1v) is 6.01. The Bertz CT molecular complexity index is 483. The summed E-state index contributed by atoms with van der Waals surface area (Å²) < 4.78 is 5.11. The Morgan fingerprint density at radius 3 is 2.55 bits per heavy atom. The zero-order valence-corrected chi connectivity index (χ0v) is 10.4. The molecule has 2 rings (SSSR count). The average molecular weight is 284 g/mol. The van der Waals surface area contributed by atoms with Gasteiger partial charge in [0.2, 0.25) is 0 Å². The van der Waals surface area contributed by atoms with Crippen LogP contribution in [0.3, 0.4) is 0 Å². The summed E-state index contributed by atoms with van der Waals surface area (Å²) in [5, 5.41) is 37.6. The van der Waals surface area contributed by atoms with E-state index in [1.807, 2.05) is 0 Å². The van der Waals surface area contributed by atoms with E-state index < -0.39 is 37.1 Å². The van der Waals surface area contributed by atoms with Gasteiger partial charge in [-0.2, -0.15) is 0 Å². The lowest BCUT2D eigenvalue weighted by atomic mass is 10.1. The smallest absolute Gasteiger partial charge is 0.269 e. The molecule has 8 heteroatoms. The Morgan fingerprint density at radius 2 is 1.95 bits per heavy atom. The van der Waals surface area contributed by atoms with Gasteiger partial charge in [0.25, 0.3) is 5.91 Å². The van der Waals surface area contributed by atoms with Crippen molar-refractivity contribution in [3.63, 3.8) is 0 Å². The molecule has 1 aromatic carbocycles. The van der Waals surface area contributed by atoms with Crippen LogP contribution in [0.4, 0.5) is 0 Å². The van der Waals surface area contributed by atoms with Gasteiger partial charge < -0.3 is 25.2 Å². The third-order valence-electron chi connectivity index (χ3n) is 3.02. The molecule has 1 aromatic rings. The number of ether oxygens (including phenoxy) is 1. The van der Waals surface area contributed by atoms with Crippen molar-refractivity contribution in [1.82, 2.24) is 10.9 Å². The zero-order chi connectivity index (χ0) is 14.7. The van der Waals surface area contributed by atoms with Gasteiger partial charge in [0.05, 0.1) is 12.2 Å². The van der Waals surface area contributed by atoms with Crippen LogP contribution in [-0.2, 0) is 4.74 Å². The number of para-hydroxylation sites is 1. The Balaban J connectivity index is 1.93. The quantitative estimate of drug-likeness (QED) is 0.355. The maximum atomic E-state index is 11.8. The molecule has 0 saturated carbocycles. The van der Waals surface area contributed by atoms with Crippen molar-refractivity contribution < 1.29 is 30.0 Å². The van der Waals surface area contributed by atoms with Crippen LogP contribution < -0.4 is 10.9 Å². The molecule has 1 amide bonds. The minimum absolute atomic E-state index is 0.0479. The number of nitrogens with one attached hydrogen (secondary N) is 2. The summed E-state index contributed by atoms with van der Waals surface area (Å²) in [4.78, 5) is 11.8. The van der Waals surface area contributed by atoms with Gasteiger partial charge in [-0.3, -0.25) is 10.2 Å². The van der Waals surface area contributed by atoms with Crippen molar-refractivity contribution >= 4 is 5.91 Å². The van der Waals surface area contributed by atoms with Gasteiger partial charge in [0, 0.05) is 0 Å². The zero-order valence-electron chi connectivity index (χ0n) is 10.4. The second kappa shape index (κ2) is 6.16. The van der Waals surface area contributed by atoms with Gasteiger partial charge in [-0.05, 0) is 12.1 Å². The van der Waals surface area contributed by atoms with E-state index in [1.165, 1.54) is 12.1 Å². The lowest BCUT2D eigenvalue weighted by Crippen LogP contribution is -2.49. The fourth-order valence-corrected chi connectivity index (χ4v) is 1.89. The van der Waals surface area contributed by atoms with E-state index in [2.05, 4.69) is 10.9 Å².